The lowest BCUT2D eigenvalue weighted by atomic mass is 9.95. The lowest BCUT2D eigenvalue weighted by Crippen LogP contribution is -2.63. The van der Waals surface area contributed by atoms with Crippen LogP contribution in [0.3, 0.4) is 0 Å². The Kier molecular flexibility index (Phi) is 10.2. The van der Waals surface area contributed by atoms with Crippen molar-refractivity contribution < 1.29 is 28.4 Å². The summed E-state index contributed by atoms with van der Waals surface area (Å²) in [4.78, 5) is 16.9. The van der Waals surface area contributed by atoms with E-state index in [1.165, 1.54) is 6.07 Å². The van der Waals surface area contributed by atoms with Crippen molar-refractivity contribution in [2.24, 2.45) is 0 Å². The molecule has 0 saturated carbocycles. The Morgan fingerprint density at radius 2 is 1.91 bits per heavy atom. The van der Waals surface area contributed by atoms with E-state index in [4.69, 9.17) is 9.47 Å². The molecule has 0 aromatic heterocycles. The highest BCUT2D eigenvalue weighted by Gasteiger charge is 2.55. The zero-order valence-electron chi connectivity index (χ0n) is 20.1. The van der Waals surface area contributed by atoms with Gasteiger partial charge >= 0.3 is 5.91 Å². The van der Waals surface area contributed by atoms with Gasteiger partial charge in [0.1, 0.15) is 0 Å². The minimum Gasteiger partial charge on any atom is -0.597 e. The number of ether oxygens (including phenoxy) is 2. The molecule has 2 fully saturated rings. The minimum absolute atomic E-state index is 0.255. The molecule has 2 aliphatic heterocycles. The topological polar surface area (TPSA) is 101 Å². The third kappa shape index (κ3) is 6.32. The highest BCUT2D eigenvalue weighted by atomic mass is 32.2. The first-order valence-electron chi connectivity index (χ1n) is 11.9. The number of piperidine rings is 1. The number of carbonyl (C=O) groups is 1. The van der Waals surface area contributed by atoms with E-state index in [-0.39, 0.29) is 5.75 Å². The van der Waals surface area contributed by atoms with Gasteiger partial charge in [0.2, 0.25) is 4.75 Å². The Balaban J connectivity index is 1.59. The number of halogens is 1. The summed E-state index contributed by atoms with van der Waals surface area (Å²) in [5.41, 5.74) is 2.50. The summed E-state index contributed by atoms with van der Waals surface area (Å²) in [6, 6.07) is 4.97. The van der Waals surface area contributed by atoms with Crippen LogP contribution in [0, 0.1) is 5.82 Å². The first-order valence-corrected chi connectivity index (χ1v) is 13.1. The molecule has 11 heteroatoms. The second kappa shape index (κ2) is 12.9. The molecule has 9 nitrogen and oxygen atoms in total. The number of likely N-dealkylation sites (tertiary alicyclic amines) is 1. The van der Waals surface area contributed by atoms with E-state index < -0.39 is 27.8 Å². The molecule has 2 heterocycles. The van der Waals surface area contributed by atoms with Gasteiger partial charge in [0, 0.05) is 64.4 Å². The lowest BCUT2D eigenvalue weighted by molar-refractivity contribution is -0.133. The molecule has 192 valence electrons. The normalized spacial score (nSPS) is 20.2. The fourth-order valence-electron chi connectivity index (χ4n) is 4.43. The van der Waals surface area contributed by atoms with E-state index in [0.717, 1.165) is 25.1 Å². The third-order valence-electron chi connectivity index (χ3n) is 6.63. The summed E-state index contributed by atoms with van der Waals surface area (Å²) in [5.74, 6) is -0.732. The summed E-state index contributed by atoms with van der Waals surface area (Å²) in [7, 11) is 1.65. The third-order valence-corrected chi connectivity index (χ3v) is 8.73. The first kappa shape index (κ1) is 27.0. The molecule has 2 saturated heterocycles. The predicted octanol–water partition coefficient (Wildman–Crippen LogP) is 1.78. The van der Waals surface area contributed by atoms with Gasteiger partial charge in [-0.2, -0.15) is 0 Å². The van der Waals surface area contributed by atoms with Crippen LogP contribution in [0.15, 0.2) is 18.2 Å². The monoisotopic (exact) mass is 500 g/mol. The van der Waals surface area contributed by atoms with Crippen LogP contribution in [0.2, 0.25) is 0 Å². The van der Waals surface area contributed by atoms with Crippen LogP contribution in [0.25, 0.3) is 0 Å². The number of piperazine rings is 1. The van der Waals surface area contributed by atoms with Crippen LogP contribution >= 0.6 is 0 Å². The van der Waals surface area contributed by atoms with Gasteiger partial charge < -0.3 is 23.8 Å². The highest BCUT2D eigenvalue weighted by Crippen LogP contribution is 2.35. The van der Waals surface area contributed by atoms with Crippen LogP contribution < -0.4 is 15.1 Å². The number of hydrogen-bond donors (Lipinski definition) is 2. The molecule has 1 aromatic carbocycles. The van der Waals surface area contributed by atoms with Crippen molar-refractivity contribution in [2.45, 2.75) is 37.4 Å². The Morgan fingerprint density at radius 1 is 1.21 bits per heavy atom. The van der Waals surface area contributed by atoms with Crippen LogP contribution in [-0.2, 0) is 20.9 Å². The van der Waals surface area contributed by atoms with E-state index in [2.05, 4.69) is 11.8 Å². The molecule has 2 aliphatic rings. The molecule has 1 atom stereocenters. The number of nitrogens with zero attached hydrogens (tertiary/aromatic N) is 3. The summed E-state index contributed by atoms with van der Waals surface area (Å²) in [5, 5.41) is 9.37. The summed E-state index contributed by atoms with van der Waals surface area (Å²) in [6.45, 7) is 7.14. The number of rotatable bonds is 11. The SMILES string of the molecule is CCCCOc1ccc(N2CCN([S+]([O-])C3(C(=O)NO)CCN(CCOC)CC3)CC2)cc1F. The van der Waals surface area contributed by atoms with Crippen molar-refractivity contribution in [1.29, 1.82) is 0 Å². The Bertz CT molecular complexity index is 789. The Morgan fingerprint density at radius 3 is 2.50 bits per heavy atom. The number of hydroxylamine groups is 1. The number of benzene rings is 1. The predicted molar refractivity (Wildman–Crippen MR) is 129 cm³/mol. The maximum absolute atomic E-state index is 14.5. The summed E-state index contributed by atoms with van der Waals surface area (Å²) < 4.78 is 39.3. The highest BCUT2D eigenvalue weighted by molar-refractivity contribution is 7.91. The van der Waals surface area contributed by atoms with Crippen molar-refractivity contribution in [3.63, 3.8) is 0 Å². The number of anilines is 1. The largest absolute Gasteiger partial charge is 0.597 e. The van der Waals surface area contributed by atoms with Gasteiger partial charge in [0.05, 0.1) is 37.7 Å². The molecule has 34 heavy (non-hydrogen) atoms. The quantitative estimate of drug-likeness (QED) is 0.205. The van der Waals surface area contributed by atoms with Gasteiger partial charge in [-0.05, 0) is 18.6 Å². The van der Waals surface area contributed by atoms with Crippen LogP contribution in [0.4, 0.5) is 10.1 Å². The lowest BCUT2D eigenvalue weighted by Gasteiger charge is -2.44. The second-order valence-electron chi connectivity index (χ2n) is 8.75. The number of hydrogen-bond acceptors (Lipinski definition) is 8. The van der Waals surface area contributed by atoms with Gasteiger partial charge in [-0.25, -0.2) is 9.87 Å². The number of unbranched alkanes of at least 4 members (excludes halogenated alkanes) is 1. The maximum atomic E-state index is 14.5. The van der Waals surface area contributed by atoms with Crippen molar-refractivity contribution in [3.8, 4) is 5.75 Å². The fraction of sp³-hybridized carbons (Fsp3) is 0.696. The van der Waals surface area contributed by atoms with Crippen LogP contribution in [0.5, 0.6) is 5.75 Å². The molecule has 0 aliphatic carbocycles. The van der Waals surface area contributed by atoms with E-state index in [1.807, 2.05) is 11.0 Å². The molecule has 0 spiro atoms. The van der Waals surface area contributed by atoms with E-state index in [9.17, 15) is 18.9 Å². The first-order chi connectivity index (χ1) is 16.4. The van der Waals surface area contributed by atoms with Crippen molar-refractivity contribution in [3.05, 3.63) is 24.0 Å². The van der Waals surface area contributed by atoms with Crippen molar-refractivity contribution >= 4 is 23.0 Å². The molecule has 3 rings (SSSR count). The Hall–Kier alpha value is -1.63. The number of methoxy groups -OCH3 is 1. The van der Waals surface area contributed by atoms with E-state index in [0.29, 0.717) is 65.3 Å². The van der Waals surface area contributed by atoms with Crippen molar-refractivity contribution in [2.75, 3.05) is 71.0 Å². The molecule has 0 radical (unpaired) electrons. The van der Waals surface area contributed by atoms with Gasteiger partial charge in [-0.1, -0.05) is 13.3 Å². The zero-order valence-corrected chi connectivity index (χ0v) is 20.9. The van der Waals surface area contributed by atoms with Gasteiger partial charge in [0.15, 0.2) is 11.6 Å². The average Bonchev–Trinajstić information content (AvgIpc) is 2.88. The van der Waals surface area contributed by atoms with Gasteiger partial charge in [0.25, 0.3) is 0 Å². The number of nitrogens with one attached hydrogen (secondary N) is 1. The van der Waals surface area contributed by atoms with Gasteiger partial charge in [-0.15, -0.1) is 4.31 Å². The second-order valence-corrected chi connectivity index (χ2v) is 10.5. The summed E-state index contributed by atoms with van der Waals surface area (Å²) in [6.07, 6.45) is 2.64. The molecule has 1 amide bonds. The van der Waals surface area contributed by atoms with Gasteiger partial charge in [-0.3, -0.25) is 10.0 Å². The van der Waals surface area contributed by atoms with E-state index >= 15 is 0 Å². The summed E-state index contributed by atoms with van der Waals surface area (Å²) >= 11 is -1.60. The number of carbonyl (C=O) groups excluding carboxylic acids is 1. The molecular formula is C23H37FN4O5S. The Labute approximate surface area is 204 Å². The fourth-order valence-corrected chi connectivity index (χ4v) is 6.16. The average molecular weight is 501 g/mol. The molecule has 2 N–H and O–H groups in total. The smallest absolute Gasteiger partial charge is 0.301 e. The minimum atomic E-state index is -1.60. The standard InChI is InChI=1S/C23H37FN4O5S/c1-3-4-16-33-21-6-5-19(18-20(21)24)27-11-13-28(14-12-27)34(31)23(22(29)25-30)7-9-26(10-8-23)15-17-32-2/h5-6,18,30H,3-4,7-17H2,1-2H3,(H,25,29). The van der Waals surface area contributed by atoms with Crippen molar-refractivity contribution in [1.82, 2.24) is 14.7 Å². The molecule has 1 unspecified atom stereocenters. The zero-order chi connectivity index (χ0) is 24.6. The van der Waals surface area contributed by atoms with Crippen LogP contribution in [-0.4, -0.2) is 95.8 Å². The molecular weight excluding hydrogens is 463 g/mol. The molecule has 0 bridgehead atoms. The molecule has 1 aromatic rings. The van der Waals surface area contributed by atoms with Crippen LogP contribution in [0.1, 0.15) is 32.6 Å². The number of amides is 1. The maximum Gasteiger partial charge on any atom is 0.301 e. The van der Waals surface area contributed by atoms with E-state index in [1.54, 1.807) is 23.0 Å².